The van der Waals surface area contributed by atoms with Crippen molar-refractivity contribution in [3.05, 3.63) is 106 Å². The second-order valence-electron chi connectivity index (χ2n) is 7.28. The lowest BCUT2D eigenvalue weighted by atomic mass is 10.1. The third-order valence-corrected chi connectivity index (χ3v) is 5.07. The summed E-state index contributed by atoms with van der Waals surface area (Å²) in [6.45, 7) is 2.57. The van der Waals surface area contributed by atoms with Crippen LogP contribution in [0.15, 0.2) is 84.9 Å². The minimum atomic E-state index is -0.505. The molecular weight excluding hydrogens is 420 g/mol. The van der Waals surface area contributed by atoms with Crippen LogP contribution in [-0.2, 0) is 6.61 Å². The van der Waals surface area contributed by atoms with Gasteiger partial charge in [-0.05, 0) is 42.6 Å². The number of ether oxygens (including phenoxy) is 2. The normalized spacial score (nSPS) is 10.6. The van der Waals surface area contributed by atoms with Gasteiger partial charge in [-0.3, -0.25) is 14.9 Å². The van der Waals surface area contributed by atoms with E-state index in [1.54, 1.807) is 24.3 Å². The van der Waals surface area contributed by atoms with Crippen molar-refractivity contribution >= 4 is 28.1 Å². The minimum Gasteiger partial charge on any atom is -0.493 e. The number of benzene rings is 4. The lowest BCUT2D eigenvalue weighted by Crippen LogP contribution is -2.13. The highest BCUT2D eigenvalue weighted by atomic mass is 16.6. The predicted molar refractivity (Wildman–Crippen MR) is 127 cm³/mol. The van der Waals surface area contributed by atoms with Gasteiger partial charge in [0.2, 0.25) is 0 Å². The van der Waals surface area contributed by atoms with Crippen LogP contribution in [0.25, 0.3) is 10.8 Å². The number of nitrogens with zero attached hydrogens (tertiary/aromatic N) is 1. The van der Waals surface area contributed by atoms with E-state index < -0.39 is 4.92 Å². The number of carbonyl (C=O) groups excluding carboxylic acids is 1. The van der Waals surface area contributed by atoms with Crippen molar-refractivity contribution < 1.29 is 19.2 Å². The molecule has 0 fully saturated rings. The highest BCUT2D eigenvalue weighted by Gasteiger charge is 2.14. The van der Waals surface area contributed by atoms with Crippen LogP contribution in [0.4, 0.5) is 11.4 Å². The van der Waals surface area contributed by atoms with Crippen LogP contribution < -0.4 is 14.8 Å². The van der Waals surface area contributed by atoms with Gasteiger partial charge in [-0.1, -0.05) is 42.5 Å². The summed E-state index contributed by atoms with van der Waals surface area (Å²) < 4.78 is 11.8. The fraction of sp³-hybridized carbons (Fsp3) is 0.115. The number of nitrogens with one attached hydrogen (secondary N) is 1. The van der Waals surface area contributed by atoms with Crippen molar-refractivity contribution in [3.63, 3.8) is 0 Å². The van der Waals surface area contributed by atoms with Gasteiger partial charge in [0.25, 0.3) is 11.6 Å². The molecule has 1 N–H and O–H groups in total. The maximum atomic E-state index is 12.8. The molecule has 0 aliphatic carbocycles. The topological polar surface area (TPSA) is 90.7 Å². The Kier molecular flexibility index (Phi) is 6.50. The molecule has 0 aliphatic heterocycles. The molecule has 0 aromatic heterocycles. The molecule has 0 aliphatic rings. The third-order valence-electron chi connectivity index (χ3n) is 5.07. The molecule has 7 nitrogen and oxygen atoms in total. The van der Waals surface area contributed by atoms with E-state index in [9.17, 15) is 14.9 Å². The monoisotopic (exact) mass is 442 g/mol. The van der Waals surface area contributed by atoms with E-state index in [1.807, 2.05) is 49.4 Å². The lowest BCUT2D eigenvalue weighted by Gasteiger charge is -2.14. The fourth-order valence-electron chi connectivity index (χ4n) is 3.51. The van der Waals surface area contributed by atoms with Crippen LogP contribution in [0.1, 0.15) is 22.8 Å². The molecule has 33 heavy (non-hydrogen) atoms. The zero-order valence-corrected chi connectivity index (χ0v) is 18.0. The summed E-state index contributed by atoms with van der Waals surface area (Å²) >= 11 is 0. The lowest BCUT2D eigenvalue weighted by molar-refractivity contribution is -0.384. The maximum absolute atomic E-state index is 12.8. The van der Waals surface area contributed by atoms with Crippen molar-refractivity contribution in [2.45, 2.75) is 13.5 Å². The number of non-ortho nitro benzene ring substituents is 1. The maximum Gasteiger partial charge on any atom is 0.271 e. The highest BCUT2D eigenvalue weighted by Crippen LogP contribution is 2.28. The first kappa shape index (κ1) is 21.8. The van der Waals surface area contributed by atoms with E-state index in [0.717, 1.165) is 22.1 Å². The molecule has 4 rings (SSSR count). The zero-order valence-electron chi connectivity index (χ0n) is 18.0. The second-order valence-corrected chi connectivity index (χ2v) is 7.28. The van der Waals surface area contributed by atoms with Gasteiger partial charge >= 0.3 is 0 Å². The highest BCUT2D eigenvalue weighted by molar-refractivity contribution is 6.04. The van der Waals surface area contributed by atoms with Crippen molar-refractivity contribution in [2.24, 2.45) is 0 Å². The van der Waals surface area contributed by atoms with E-state index in [0.29, 0.717) is 23.6 Å². The number of hydrogen-bond donors (Lipinski definition) is 1. The second kappa shape index (κ2) is 9.82. The van der Waals surface area contributed by atoms with Crippen LogP contribution in [0.2, 0.25) is 0 Å². The Hall–Kier alpha value is -4.39. The molecule has 0 unspecified atom stereocenters. The van der Waals surface area contributed by atoms with E-state index in [1.165, 1.54) is 18.2 Å². The number of nitro benzene ring substituents is 1. The molecule has 0 bridgehead atoms. The Bertz CT molecular complexity index is 1310. The summed E-state index contributed by atoms with van der Waals surface area (Å²) in [5, 5.41) is 15.8. The first-order valence-corrected chi connectivity index (χ1v) is 10.5. The molecule has 0 spiro atoms. The van der Waals surface area contributed by atoms with Crippen LogP contribution in [0.5, 0.6) is 11.5 Å². The average molecular weight is 442 g/mol. The summed E-state index contributed by atoms with van der Waals surface area (Å²) in [6.07, 6.45) is 0. The summed E-state index contributed by atoms with van der Waals surface area (Å²) in [6, 6.07) is 24.7. The summed E-state index contributed by atoms with van der Waals surface area (Å²) in [4.78, 5) is 23.3. The van der Waals surface area contributed by atoms with Gasteiger partial charge in [-0.15, -0.1) is 0 Å². The number of carbonyl (C=O) groups is 1. The van der Waals surface area contributed by atoms with Crippen LogP contribution >= 0.6 is 0 Å². The average Bonchev–Trinajstić information content (AvgIpc) is 2.83. The number of amides is 1. The van der Waals surface area contributed by atoms with Crippen LogP contribution in [0, 0.1) is 10.1 Å². The van der Waals surface area contributed by atoms with E-state index >= 15 is 0 Å². The molecule has 0 saturated heterocycles. The van der Waals surface area contributed by atoms with Gasteiger partial charge in [0.05, 0.1) is 11.5 Å². The Morgan fingerprint density at radius 2 is 1.70 bits per heavy atom. The number of hydrogen-bond acceptors (Lipinski definition) is 5. The van der Waals surface area contributed by atoms with Gasteiger partial charge in [-0.2, -0.15) is 0 Å². The first-order valence-electron chi connectivity index (χ1n) is 10.5. The molecule has 4 aromatic rings. The van der Waals surface area contributed by atoms with Crippen LogP contribution in [0.3, 0.4) is 0 Å². The zero-order chi connectivity index (χ0) is 23.2. The molecule has 0 saturated carbocycles. The standard InChI is InChI=1S/C26H22N2O5/c1-2-32-24-14-13-19(26(29)27-21-9-6-10-22(16-21)28(30)31)15-20(24)17-33-25-12-5-8-18-7-3-4-11-23(18)25/h3-16H,2,17H2,1H3,(H,27,29). The Morgan fingerprint density at radius 3 is 2.52 bits per heavy atom. The number of anilines is 1. The minimum absolute atomic E-state index is 0.0938. The van der Waals surface area contributed by atoms with Crippen molar-refractivity contribution in [2.75, 3.05) is 11.9 Å². The summed E-state index contributed by atoms with van der Waals surface area (Å²) in [5.74, 6) is 0.983. The van der Waals surface area contributed by atoms with Gasteiger partial charge in [0, 0.05) is 34.3 Å². The van der Waals surface area contributed by atoms with Gasteiger partial charge in [0.1, 0.15) is 18.1 Å². The van der Waals surface area contributed by atoms with E-state index in [-0.39, 0.29) is 18.2 Å². The Morgan fingerprint density at radius 1 is 0.909 bits per heavy atom. The van der Waals surface area contributed by atoms with Crippen LogP contribution in [-0.4, -0.2) is 17.4 Å². The molecule has 0 heterocycles. The SMILES string of the molecule is CCOc1ccc(C(=O)Nc2cccc([N+](=O)[O-])c2)cc1COc1cccc2ccccc12. The van der Waals surface area contributed by atoms with Gasteiger partial charge < -0.3 is 14.8 Å². The molecular formula is C26H22N2O5. The smallest absolute Gasteiger partial charge is 0.271 e. The van der Waals surface area contributed by atoms with Gasteiger partial charge in [-0.25, -0.2) is 0 Å². The Labute approximate surface area is 190 Å². The molecule has 1 amide bonds. The van der Waals surface area contributed by atoms with Crippen molar-refractivity contribution in [3.8, 4) is 11.5 Å². The van der Waals surface area contributed by atoms with E-state index in [2.05, 4.69) is 5.32 Å². The summed E-state index contributed by atoms with van der Waals surface area (Å²) in [5.41, 5.74) is 1.36. The number of rotatable bonds is 8. The molecule has 4 aromatic carbocycles. The quantitative estimate of drug-likeness (QED) is 0.268. The predicted octanol–water partition coefficient (Wildman–Crippen LogP) is 5.98. The van der Waals surface area contributed by atoms with Crippen molar-refractivity contribution in [1.29, 1.82) is 0 Å². The molecule has 0 radical (unpaired) electrons. The van der Waals surface area contributed by atoms with E-state index in [4.69, 9.17) is 9.47 Å². The summed E-state index contributed by atoms with van der Waals surface area (Å²) in [7, 11) is 0. The van der Waals surface area contributed by atoms with Gasteiger partial charge in [0.15, 0.2) is 0 Å². The van der Waals surface area contributed by atoms with Crippen molar-refractivity contribution in [1.82, 2.24) is 0 Å². The molecule has 166 valence electrons. The first-order chi connectivity index (χ1) is 16.0. The molecule has 7 heteroatoms. The molecule has 0 atom stereocenters. The Balaban J connectivity index is 1.57. The third kappa shape index (κ3) is 5.10. The number of fused-ring (bicyclic) bond motifs is 1. The largest absolute Gasteiger partial charge is 0.493 e. The number of nitro groups is 1. The fourth-order valence-corrected chi connectivity index (χ4v) is 3.51.